The van der Waals surface area contributed by atoms with Gasteiger partial charge in [0.25, 0.3) is 5.91 Å². The fourth-order valence-corrected chi connectivity index (χ4v) is 4.67. The summed E-state index contributed by atoms with van der Waals surface area (Å²) in [5, 5.41) is 11.7. The number of aliphatic carboxylic acids is 1. The van der Waals surface area contributed by atoms with Crippen LogP contribution in [0.15, 0.2) is 48.4 Å². The lowest BCUT2D eigenvalue weighted by molar-refractivity contribution is -0.138. The van der Waals surface area contributed by atoms with Crippen LogP contribution < -0.4 is 10.2 Å². The number of carbonyl (C=O) groups is 2. The molecule has 0 aliphatic carbocycles. The van der Waals surface area contributed by atoms with Crippen molar-refractivity contribution in [1.29, 1.82) is 0 Å². The fourth-order valence-electron chi connectivity index (χ4n) is 4.67. The number of ether oxygens (including phenoxy) is 1. The van der Waals surface area contributed by atoms with Crippen molar-refractivity contribution in [3.63, 3.8) is 0 Å². The molecule has 8 nitrogen and oxygen atoms in total. The topological polar surface area (TPSA) is 95.0 Å². The minimum absolute atomic E-state index is 0.0543. The van der Waals surface area contributed by atoms with E-state index < -0.39 is 17.4 Å². The van der Waals surface area contributed by atoms with E-state index in [2.05, 4.69) is 15.2 Å². The molecule has 4 heterocycles. The number of nitrogens with one attached hydrogen (secondary N) is 1. The van der Waals surface area contributed by atoms with Gasteiger partial charge in [-0.1, -0.05) is 0 Å². The molecule has 176 valence electrons. The predicted molar refractivity (Wildman–Crippen MR) is 126 cm³/mol. The number of benzene rings is 1. The molecular formula is C25H25FN4O4. The molecule has 2 N–H and O–H groups in total. The molecule has 0 unspecified atom stereocenters. The number of hydrogen-bond acceptors (Lipinski definition) is 6. The van der Waals surface area contributed by atoms with E-state index in [9.17, 15) is 14.0 Å². The smallest absolute Gasteiger partial charge is 0.317 e. The zero-order chi connectivity index (χ0) is 24.0. The average molecular weight is 464 g/mol. The summed E-state index contributed by atoms with van der Waals surface area (Å²) in [6.45, 7) is 6.68. The summed E-state index contributed by atoms with van der Waals surface area (Å²) in [7, 11) is 0. The van der Waals surface area contributed by atoms with E-state index in [0.29, 0.717) is 48.8 Å². The van der Waals surface area contributed by atoms with Crippen molar-refractivity contribution in [3.05, 3.63) is 65.3 Å². The molecule has 3 aliphatic heterocycles. The van der Waals surface area contributed by atoms with Crippen LogP contribution in [0, 0.1) is 5.82 Å². The standard InChI is InChI=1S/C25H25FN4O4/c1-25(2)18(12-20(34-25)23-17-5-4-16(26)11-19(17)28-24(23)33)15-3-6-21(27-13-15)30-9-7-29(8-10-30)14-22(31)32/h3-6,11-13H,7-10,14H2,1-2H3,(H,28,33)(H,31,32)/b23-20-. The van der Waals surface area contributed by atoms with Gasteiger partial charge in [0.1, 0.15) is 23.0 Å². The fraction of sp³-hybridized carbons (Fsp3) is 0.320. The third-order valence-electron chi connectivity index (χ3n) is 6.38. The summed E-state index contributed by atoms with van der Waals surface area (Å²) >= 11 is 0. The lowest BCUT2D eigenvalue weighted by atomic mass is 9.93. The molecule has 0 radical (unpaired) electrons. The normalized spacial score (nSPS) is 21.7. The van der Waals surface area contributed by atoms with Crippen molar-refractivity contribution in [3.8, 4) is 0 Å². The van der Waals surface area contributed by atoms with Gasteiger partial charge in [0, 0.05) is 49.1 Å². The summed E-state index contributed by atoms with van der Waals surface area (Å²) in [4.78, 5) is 32.2. The lowest BCUT2D eigenvalue weighted by Gasteiger charge is -2.34. The Morgan fingerprint density at radius 1 is 1.21 bits per heavy atom. The second-order valence-electron chi connectivity index (χ2n) is 9.12. The number of carboxylic acid groups (broad SMARTS) is 1. The van der Waals surface area contributed by atoms with Crippen LogP contribution in [0.2, 0.25) is 0 Å². The Labute approximate surface area is 196 Å². The van der Waals surface area contributed by atoms with Crippen LogP contribution in [0.4, 0.5) is 15.9 Å². The Hall–Kier alpha value is -3.72. The SMILES string of the molecule is CC1(C)O/C(=C2\C(=O)Nc3cc(F)ccc32)C=C1c1ccc(N2CCN(CC(=O)O)CC2)nc1. The third kappa shape index (κ3) is 4.03. The number of rotatable bonds is 4. The van der Waals surface area contributed by atoms with Crippen molar-refractivity contribution in [2.75, 3.05) is 42.9 Å². The number of fused-ring (bicyclic) bond motifs is 1. The van der Waals surface area contributed by atoms with Crippen molar-refractivity contribution < 1.29 is 23.8 Å². The highest BCUT2D eigenvalue weighted by atomic mass is 19.1. The number of hydrogen-bond donors (Lipinski definition) is 2. The van der Waals surface area contributed by atoms with Crippen LogP contribution in [0.1, 0.15) is 25.0 Å². The maximum absolute atomic E-state index is 13.6. The number of allylic oxidation sites excluding steroid dienone is 1. The average Bonchev–Trinajstić information content (AvgIpc) is 3.28. The Kier molecular flexibility index (Phi) is 5.36. The van der Waals surface area contributed by atoms with Gasteiger partial charge in [-0.2, -0.15) is 0 Å². The van der Waals surface area contributed by atoms with Crippen LogP contribution in [0.5, 0.6) is 0 Å². The summed E-state index contributed by atoms with van der Waals surface area (Å²) in [6, 6.07) is 8.14. The first-order valence-electron chi connectivity index (χ1n) is 11.1. The summed E-state index contributed by atoms with van der Waals surface area (Å²) < 4.78 is 19.8. The Morgan fingerprint density at radius 3 is 2.65 bits per heavy atom. The van der Waals surface area contributed by atoms with Crippen molar-refractivity contribution in [2.45, 2.75) is 19.4 Å². The van der Waals surface area contributed by atoms with E-state index in [1.807, 2.05) is 37.0 Å². The van der Waals surface area contributed by atoms with E-state index in [1.165, 1.54) is 12.1 Å². The zero-order valence-electron chi connectivity index (χ0n) is 19.0. The van der Waals surface area contributed by atoms with Gasteiger partial charge in [-0.25, -0.2) is 9.37 Å². The summed E-state index contributed by atoms with van der Waals surface area (Å²) in [6.07, 6.45) is 3.65. The van der Waals surface area contributed by atoms with Gasteiger partial charge in [0.2, 0.25) is 0 Å². The van der Waals surface area contributed by atoms with E-state index in [0.717, 1.165) is 17.0 Å². The molecule has 0 saturated carbocycles. The number of piperazine rings is 1. The second-order valence-corrected chi connectivity index (χ2v) is 9.12. The number of carboxylic acids is 1. The van der Waals surface area contributed by atoms with E-state index >= 15 is 0 Å². The molecule has 0 bridgehead atoms. The Morgan fingerprint density at radius 2 is 1.97 bits per heavy atom. The second kappa shape index (κ2) is 8.25. The predicted octanol–water partition coefficient (Wildman–Crippen LogP) is 2.98. The van der Waals surface area contributed by atoms with Gasteiger partial charge < -0.3 is 20.1 Å². The van der Waals surface area contributed by atoms with Crippen molar-refractivity contribution in [1.82, 2.24) is 9.88 Å². The van der Waals surface area contributed by atoms with E-state index in [1.54, 1.807) is 12.3 Å². The minimum atomic E-state index is -0.814. The highest BCUT2D eigenvalue weighted by Gasteiger charge is 2.38. The van der Waals surface area contributed by atoms with Crippen LogP contribution in [0.3, 0.4) is 0 Å². The van der Waals surface area contributed by atoms with Gasteiger partial charge in [0.05, 0.1) is 17.8 Å². The summed E-state index contributed by atoms with van der Waals surface area (Å²) in [5.41, 5.74) is 2.53. The molecule has 1 amide bonds. The van der Waals surface area contributed by atoms with Crippen LogP contribution in [-0.4, -0.2) is 65.2 Å². The molecule has 1 saturated heterocycles. The van der Waals surface area contributed by atoms with Gasteiger partial charge >= 0.3 is 5.97 Å². The number of carbonyl (C=O) groups excluding carboxylic acids is 1. The molecule has 3 aliphatic rings. The molecule has 2 aromatic rings. The number of anilines is 2. The number of amides is 1. The molecule has 1 aromatic carbocycles. The van der Waals surface area contributed by atoms with E-state index in [-0.39, 0.29) is 12.5 Å². The van der Waals surface area contributed by atoms with Crippen LogP contribution >= 0.6 is 0 Å². The van der Waals surface area contributed by atoms with E-state index in [4.69, 9.17) is 9.84 Å². The maximum Gasteiger partial charge on any atom is 0.317 e. The quantitative estimate of drug-likeness (QED) is 0.672. The number of halogens is 1. The first kappa shape index (κ1) is 22.1. The molecule has 1 aromatic heterocycles. The first-order valence-corrected chi connectivity index (χ1v) is 11.1. The zero-order valence-corrected chi connectivity index (χ0v) is 19.0. The summed E-state index contributed by atoms with van der Waals surface area (Å²) in [5.74, 6) is -0.268. The number of aromatic nitrogens is 1. The monoisotopic (exact) mass is 464 g/mol. The molecular weight excluding hydrogens is 439 g/mol. The van der Waals surface area contributed by atoms with Crippen LogP contribution in [-0.2, 0) is 14.3 Å². The number of pyridine rings is 1. The highest BCUT2D eigenvalue weighted by Crippen LogP contribution is 2.44. The van der Waals surface area contributed by atoms with Gasteiger partial charge in [0.15, 0.2) is 0 Å². The third-order valence-corrected chi connectivity index (χ3v) is 6.38. The lowest BCUT2D eigenvalue weighted by Crippen LogP contribution is -2.48. The first-order chi connectivity index (χ1) is 16.2. The van der Waals surface area contributed by atoms with Crippen LogP contribution in [0.25, 0.3) is 11.1 Å². The number of nitrogens with zero attached hydrogens (tertiary/aromatic N) is 3. The van der Waals surface area contributed by atoms with Crippen molar-refractivity contribution in [2.24, 2.45) is 0 Å². The molecule has 5 rings (SSSR count). The largest absolute Gasteiger partial charge is 0.482 e. The van der Waals surface area contributed by atoms with Gasteiger partial charge in [-0.3, -0.25) is 14.5 Å². The highest BCUT2D eigenvalue weighted by molar-refractivity contribution is 6.32. The molecule has 0 spiro atoms. The Balaban J connectivity index is 1.39. The van der Waals surface area contributed by atoms with Crippen molar-refractivity contribution >= 4 is 34.5 Å². The Bertz CT molecular complexity index is 1230. The molecule has 1 fully saturated rings. The maximum atomic E-state index is 13.6. The molecule has 34 heavy (non-hydrogen) atoms. The van der Waals surface area contributed by atoms with Gasteiger partial charge in [-0.15, -0.1) is 0 Å². The molecule has 0 atom stereocenters. The van der Waals surface area contributed by atoms with Gasteiger partial charge in [-0.05, 0) is 50.3 Å². The minimum Gasteiger partial charge on any atom is -0.482 e. The molecule has 9 heteroatoms.